The normalized spacial score (nSPS) is 12.5. The molecule has 1 aromatic rings. The van der Waals surface area contributed by atoms with Gasteiger partial charge in [0.2, 0.25) is 5.91 Å². The van der Waals surface area contributed by atoms with E-state index in [9.17, 15) is 4.79 Å². The summed E-state index contributed by atoms with van der Waals surface area (Å²) in [6.45, 7) is 8.93. The van der Waals surface area contributed by atoms with Crippen molar-refractivity contribution < 1.29 is 4.79 Å². The first-order valence-electron chi connectivity index (χ1n) is 7.04. The van der Waals surface area contributed by atoms with Crippen LogP contribution in [-0.4, -0.2) is 12.5 Å². The molecule has 0 fully saturated rings. The summed E-state index contributed by atoms with van der Waals surface area (Å²) in [6.07, 6.45) is 1.74. The lowest BCUT2D eigenvalue weighted by Crippen LogP contribution is -2.27. The predicted molar refractivity (Wildman–Crippen MR) is 81.2 cm³/mol. The number of aryl methyl sites for hydroxylation is 2. The summed E-state index contributed by atoms with van der Waals surface area (Å²) in [5, 5.41) is 3.02. The largest absolute Gasteiger partial charge is 0.330 e. The molecule has 1 unspecified atom stereocenters. The molecule has 0 heterocycles. The van der Waals surface area contributed by atoms with E-state index in [1.165, 1.54) is 11.1 Å². The minimum atomic E-state index is 0.0326. The highest BCUT2D eigenvalue weighted by Crippen LogP contribution is 2.21. The Morgan fingerprint density at radius 2 is 1.95 bits per heavy atom. The van der Waals surface area contributed by atoms with Crippen molar-refractivity contribution in [2.24, 2.45) is 17.6 Å². The van der Waals surface area contributed by atoms with E-state index >= 15 is 0 Å². The van der Waals surface area contributed by atoms with Crippen molar-refractivity contribution in [1.82, 2.24) is 0 Å². The smallest absolute Gasteiger partial charge is 0.227 e. The number of carbonyl (C=O) groups is 1. The van der Waals surface area contributed by atoms with Crippen LogP contribution in [0.3, 0.4) is 0 Å². The van der Waals surface area contributed by atoms with Crippen LogP contribution in [0.15, 0.2) is 18.2 Å². The average molecular weight is 262 g/mol. The van der Waals surface area contributed by atoms with Crippen LogP contribution in [0.5, 0.6) is 0 Å². The number of hydrogen-bond donors (Lipinski definition) is 2. The molecule has 1 rings (SSSR count). The molecule has 0 radical (unpaired) electrons. The summed E-state index contributed by atoms with van der Waals surface area (Å²) in [5.41, 5.74) is 8.85. The SMILES string of the molecule is Cc1ccc(NC(=O)C(CCCN)C(C)C)cc1C. The van der Waals surface area contributed by atoms with Crippen molar-refractivity contribution >= 4 is 11.6 Å². The van der Waals surface area contributed by atoms with E-state index in [-0.39, 0.29) is 11.8 Å². The van der Waals surface area contributed by atoms with E-state index in [1.807, 2.05) is 18.2 Å². The Kier molecular flexibility index (Phi) is 6.03. The summed E-state index contributed by atoms with van der Waals surface area (Å²) in [6, 6.07) is 6.02. The molecule has 0 spiro atoms. The van der Waals surface area contributed by atoms with Crippen molar-refractivity contribution in [2.45, 2.75) is 40.5 Å². The molecule has 106 valence electrons. The van der Waals surface area contributed by atoms with Crippen LogP contribution in [0.1, 0.15) is 37.8 Å². The number of benzene rings is 1. The maximum Gasteiger partial charge on any atom is 0.227 e. The minimum Gasteiger partial charge on any atom is -0.330 e. The molecule has 1 atom stereocenters. The molecule has 0 aliphatic carbocycles. The lowest BCUT2D eigenvalue weighted by atomic mass is 9.90. The number of carbonyl (C=O) groups excluding carboxylic acids is 1. The molecule has 1 amide bonds. The van der Waals surface area contributed by atoms with E-state index in [2.05, 4.69) is 33.0 Å². The topological polar surface area (TPSA) is 55.1 Å². The van der Waals surface area contributed by atoms with Crippen molar-refractivity contribution in [3.8, 4) is 0 Å². The van der Waals surface area contributed by atoms with Gasteiger partial charge in [0.05, 0.1) is 0 Å². The lowest BCUT2D eigenvalue weighted by molar-refractivity contribution is -0.121. The van der Waals surface area contributed by atoms with Crippen molar-refractivity contribution in [2.75, 3.05) is 11.9 Å². The van der Waals surface area contributed by atoms with Crippen LogP contribution >= 0.6 is 0 Å². The highest BCUT2D eigenvalue weighted by molar-refractivity contribution is 5.92. The number of nitrogens with one attached hydrogen (secondary N) is 1. The number of hydrogen-bond acceptors (Lipinski definition) is 2. The molecule has 0 saturated carbocycles. The van der Waals surface area contributed by atoms with Crippen LogP contribution in [0.4, 0.5) is 5.69 Å². The Morgan fingerprint density at radius 1 is 1.26 bits per heavy atom. The van der Waals surface area contributed by atoms with Crippen LogP contribution in [0.25, 0.3) is 0 Å². The zero-order valence-electron chi connectivity index (χ0n) is 12.5. The zero-order chi connectivity index (χ0) is 14.4. The van der Waals surface area contributed by atoms with Gasteiger partial charge in [-0.3, -0.25) is 4.79 Å². The summed E-state index contributed by atoms with van der Waals surface area (Å²) in [7, 11) is 0. The molecule has 3 nitrogen and oxygen atoms in total. The standard InChI is InChI=1S/C16H26N2O/c1-11(2)15(6-5-9-17)16(19)18-14-8-7-12(3)13(4)10-14/h7-8,10-11,15H,5-6,9,17H2,1-4H3,(H,18,19). The minimum absolute atomic E-state index is 0.0326. The lowest BCUT2D eigenvalue weighted by Gasteiger charge is -2.20. The summed E-state index contributed by atoms with van der Waals surface area (Å²) >= 11 is 0. The van der Waals surface area contributed by atoms with Gasteiger partial charge in [-0.25, -0.2) is 0 Å². The van der Waals surface area contributed by atoms with Gasteiger partial charge in [-0.15, -0.1) is 0 Å². The maximum atomic E-state index is 12.3. The Morgan fingerprint density at radius 3 is 2.47 bits per heavy atom. The summed E-state index contributed by atoms with van der Waals surface area (Å²) in [5.74, 6) is 0.468. The number of amides is 1. The highest BCUT2D eigenvalue weighted by Gasteiger charge is 2.21. The van der Waals surface area contributed by atoms with Crippen LogP contribution < -0.4 is 11.1 Å². The van der Waals surface area contributed by atoms with Gasteiger partial charge in [0, 0.05) is 11.6 Å². The predicted octanol–water partition coefficient (Wildman–Crippen LogP) is 3.25. The Labute approximate surface area is 116 Å². The van der Waals surface area contributed by atoms with E-state index in [1.54, 1.807) is 0 Å². The second kappa shape index (κ2) is 7.29. The van der Waals surface area contributed by atoms with Crippen LogP contribution in [-0.2, 0) is 4.79 Å². The molecule has 3 heteroatoms. The average Bonchev–Trinajstić information content (AvgIpc) is 2.34. The Balaban J connectivity index is 2.72. The fourth-order valence-electron chi connectivity index (χ4n) is 2.16. The molecule has 0 aliphatic rings. The van der Waals surface area contributed by atoms with Gasteiger partial charge in [-0.05, 0) is 62.4 Å². The van der Waals surface area contributed by atoms with Gasteiger partial charge in [0.1, 0.15) is 0 Å². The zero-order valence-corrected chi connectivity index (χ0v) is 12.5. The second-order valence-corrected chi connectivity index (χ2v) is 5.57. The van der Waals surface area contributed by atoms with Gasteiger partial charge in [-0.2, -0.15) is 0 Å². The molecule has 0 bridgehead atoms. The highest BCUT2D eigenvalue weighted by atomic mass is 16.1. The summed E-state index contributed by atoms with van der Waals surface area (Å²) in [4.78, 5) is 12.3. The first-order valence-corrected chi connectivity index (χ1v) is 7.04. The third-order valence-corrected chi connectivity index (χ3v) is 3.64. The summed E-state index contributed by atoms with van der Waals surface area (Å²) < 4.78 is 0. The molecule has 0 saturated heterocycles. The van der Waals surface area contributed by atoms with Gasteiger partial charge in [0.15, 0.2) is 0 Å². The molecular formula is C16H26N2O. The number of rotatable bonds is 6. The molecule has 0 aromatic heterocycles. The van der Waals surface area contributed by atoms with Crippen LogP contribution in [0, 0.1) is 25.7 Å². The van der Waals surface area contributed by atoms with E-state index < -0.39 is 0 Å². The maximum absolute atomic E-state index is 12.3. The van der Waals surface area contributed by atoms with E-state index in [0.717, 1.165) is 18.5 Å². The first kappa shape index (κ1) is 15.7. The first-order chi connectivity index (χ1) is 8.95. The monoisotopic (exact) mass is 262 g/mol. The van der Waals surface area contributed by atoms with Crippen molar-refractivity contribution in [1.29, 1.82) is 0 Å². The third kappa shape index (κ3) is 4.67. The quantitative estimate of drug-likeness (QED) is 0.826. The van der Waals surface area contributed by atoms with Gasteiger partial charge in [0.25, 0.3) is 0 Å². The van der Waals surface area contributed by atoms with E-state index in [4.69, 9.17) is 5.73 Å². The van der Waals surface area contributed by atoms with Crippen molar-refractivity contribution in [3.05, 3.63) is 29.3 Å². The van der Waals surface area contributed by atoms with Gasteiger partial charge >= 0.3 is 0 Å². The molecular weight excluding hydrogens is 236 g/mol. The van der Waals surface area contributed by atoms with Crippen LogP contribution in [0.2, 0.25) is 0 Å². The Bertz CT molecular complexity index is 427. The second-order valence-electron chi connectivity index (χ2n) is 5.57. The Hall–Kier alpha value is -1.35. The number of nitrogens with two attached hydrogens (primary N) is 1. The van der Waals surface area contributed by atoms with Crippen molar-refractivity contribution in [3.63, 3.8) is 0 Å². The third-order valence-electron chi connectivity index (χ3n) is 3.64. The van der Waals surface area contributed by atoms with Gasteiger partial charge in [-0.1, -0.05) is 19.9 Å². The fourth-order valence-corrected chi connectivity index (χ4v) is 2.16. The molecule has 19 heavy (non-hydrogen) atoms. The molecule has 1 aromatic carbocycles. The van der Waals surface area contributed by atoms with E-state index in [0.29, 0.717) is 12.5 Å². The molecule has 3 N–H and O–H groups in total. The molecule has 0 aliphatic heterocycles. The number of anilines is 1. The van der Waals surface area contributed by atoms with Gasteiger partial charge < -0.3 is 11.1 Å². The fraction of sp³-hybridized carbons (Fsp3) is 0.562.